The van der Waals surface area contributed by atoms with E-state index in [1.165, 1.54) is 0 Å². The third-order valence-electron chi connectivity index (χ3n) is 2.58. The normalized spacial score (nSPS) is 16.4. The summed E-state index contributed by atoms with van der Waals surface area (Å²) in [5.74, 6) is 0.333. The summed E-state index contributed by atoms with van der Waals surface area (Å²) in [6.45, 7) is 0. The molecule has 0 amide bonds. The van der Waals surface area contributed by atoms with E-state index in [2.05, 4.69) is 36.9 Å². The number of ether oxygens (including phenoxy) is 1. The second kappa shape index (κ2) is 5.38. The van der Waals surface area contributed by atoms with Crippen molar-refractivity contribution in [1.29, 1.82) is 0 Å². The zero-order valence-corrected chi connectivity index (χ0v) is 13.1. The molecule has 20 heavy (non-hydrogen) atoms. The van der Waals surface area contributed by atoms with Gasteiger partial charge in [-0.25, -0.2) is 9.79 Å². The van der Waals surface area contributed by atoms with Crippen LogP contribution in [0.1, 0.15) is 11.3 Å². The molecule has 0 atom stereocenters. The van der Waals surface area contributed by atoms with E-state index in [0.717, 1.165) is 10.0 Å². The lowest BCUT2D eigenvalue weighted by molar-refractivity contribution is -0.129. The molecule has 1 aliphatic rings. The average Bonchev–Trinajstić information content (AvgIpc) is 2.98. The predicted molar refractivity (Wildman–Crippen MR) is 81.2 cm³/mol. The molecule has 4 nitrogen and oxygen atoms in total. The number of halogens is 2. The fraction of sp³-hybridized carbons (Fsp3) is 0. The van der Waals surface area contributed by atoms with Gasteiger partial charge in [-0.3, -0.25) is 0 Å². The topological polar surface area (TPSA) is 51.8 Å². The Morgan fingerprint density at radius 2 is 1.80 bits per heavy atom. The number of cyclic esters (lactones) is 1. The van der Waals surface area contributed by atoms with E-state index < -0.39 is 5.97 Å². The summed E-state index contributed by atoms with van der Waals surface area (Å²) in [5.41, 5.74) is 0.954. The molecule has 2 heterocycles. The largest absolute Gasteiger partial charge is 0.450 e. The highest BCUT2D eigenvalue weighted by Crippen LogP contribution is 2.22. The molecule has 1 aromatic carbocycles. The SMILES string of the molecule is O=C1OC(c2ccc(Br)cc2)=NC1=Cc1ccc(Br)o1. The molecular weight excluding hydrogens is 390 g/mol. The summed E-state index contributed by atoms with van der Waals surface area (Å²) in [7, 11) is 0. The number of furan rings is 1. The molecule has 3 rings (SSSR count). The molecule has 0 bridgehead atoms. The summed E-state index contributed by atoms with van der Waals surface area (Å²) < 4.78 is 12.0. The molecule has 0 spiro atoms. The van der Waals surface area contributed by atoms with Crippen LogP contribution in [0.15, 0.2) is 60.6 Å². The zero-order chi connectivity index (χ0) is 14.1. The van der Waals surface area contributed by atoms with Crippen LogP contribution in [0.2, 0.25) is 0 Å². The Labute approximate surface area is 131 Å². The quantitative estimate of drug-likeness (QED) is 0.566. The van der Waals surface area contributed by atoms with Gasteiger partial charge < -0.3 is 9.15 Å². The van der Waals surface area contributed by atoms with Gasteiger partial charge in [0.2, 0.25) is 5.90 Å². The molecule has 0 saturated carbocycles. The summed E-state index contributed by atoms with van der Waals surface area (Å²) in [6, 6.07) is 10.8. The minimum absolute atomic E-state index is 0.213. The number of hydrogen-bond donors (Lipinski definition) is 0. The minimum Gasteiger partial charge on any atom is -0.450 e. The molecule has 0 saturated heterocycles. The second-order valence-corrected chi connectivity index (χ2v) is 5.68. The fourth-order valence-corrected chi connectivity index (χ4v) is 2.25. The highest BCUT2D eigenvalue weighted by molar-refractivity contribution is 9.10. The Hall–Kier alpha value is -1.66. The van der Waals surface area contributed by atoms with Gasteiger partial charge in [0.05, 0.1) is 0 Å². The first-order valence-electron chi connectivity index (χ1n) is 5.66. The summed E-state index contributed by atoms with van der Waals surface area (Å²) in [4.78, 5) is 16.0. The smallest absolute Gasteiger partial charge is 0.363 e. The first-order valence-corrected chi connectivity index (χ1v) is 7.24. The van der Waals surface area contributed by atoms with Crippen LogP contribution >= 0.6 is 31.9 Å². The van der Waals surface area contributed by atoms with E-state index in [-0.39, 0.29) is 5.70 Å². The van der Waals surface area contributed by atoms with Gasteiger partial charge in [-0.05, 0) is 52.3 Å². The summed E-state index contributed by atoms with van der Waals surface area (Å²) in [6.07, 6.45) is 1.54. The highest BCUT2D eigenvalue weighted by atomic mass is 79.9. The van der Waals surface area contributed by atoms with E-state index in [9.17, 15) is 4.79 Å². The van der Waals surface area contributed by atoms with Gasteiger partial charge >= 0.3 is 5.97 Å². The number of hydrogen-bond acceptors (Lipinski definition) is 4. The summed E-state index contributed by atoms with van der Waals surface area (Å²) >= 11 is 6.55. The van der Waals surface area contributed by atoms with E-state index in [0.29, 0.717) is 16.3 Å². The van der Waals surface area contributed by atoms with Gasteiger partial charge in [0.25, 0.3) is 0 Å². The van der Waals surface area contributed by atoms with Crippen molar-refractivity contribution in [2.45, 2.75) is 0 Å². The van der Waals surface area contributed by atoms with Crippen LogP contribution in [0.25, 0.3) is 6.08 Å². The molecule has 0 aliphatic carbocycles. The maximum absolute atomic E-state index is 11.8. The van der Waals surface area contributed by atoms with Crippen molar-refractivity contribution in [3.05, 3.63) is 62.6 Å². The van der Waals surface area contributed by atoms with Crippen LogP contribution < -0.4 is 0 Å². The van der Waals surface area contributed by atoms with Gasteiger partial charge in [0, 0.05) is 16.1 Å². The first-order chi connectivity index (χ1) is 9.61. The van der Waals surface area contributed by atoms with Crippen molar-refractivity contribution in [3.8, 4) is 0 Å². The zero-order valence-electron chi connectivity index (χ0n) is 9.97. The van der Waals surface area contributed by atoms with Crippen LogP contribution in [0.3, 0.4) is 0 Å². The van der Waals surface area contributed by atoms with Crippen molar-refractivity contribution < 1.29 is 13.9 Å². The van der Waals surface area contributed by atoms with E-state index >= 15 is 0 Å². The minimum atomic E-state index is -0.490. The maximum atomic E-state index is 11.8. The highest BCUT2D eigenvalue weighted by Gasteiger charge is 2.24. The molecule has 1 aliphatic heterocycles. The number of carbonyl (C=O) groups excluding carboxylic acids is 1. The molecule has 1 aromatic heterocycles. The Balaban J connectivity index is 1.92. The number of esters is 1. The number of nitrogens with zero attached hydrogens (tertiary/aromatic N) is 1. The molecule has 0 unspecified atom stereocenters. The molecule has 0 radical (unpaired) electrons. The van der Waals surface area contributed by atoms with E-state index in [1.807, 2.05) is 24.3 Å². The first kappa shape index (κ1) is 13.3. The van der Waals surface area contributed by atoms with Crippen LogP contribution in [0, 0.1) is 0 Å². The maximum Gasteiger partial charge on any atom is 0.363 e. The molecule has 2 aromatic rings. The average molecular weight is 397 g/mol. The standard InChI is InChI=1S/C14H7Br2NO3/c15-9-3-1-8(2-4-9)13-17-11(14(18)20-13)7-10-5-6-12(16)19-10/h1-7H. The van der Waals surface area contributed by atoms with Crippen LogP contribution in [-0.2, 0) is 9.53 Å². The molecule has 100 valence electrons. The third-order valence-corrected chi connectivity index (χ3v) is 3.54. The van der Waals surface area contributed by atoms with Crippen LogP contribution in [0.5, 0.6) is 0 Å². The molecule has 6 heteroatoms. The van der Waals surface area contributed by atoms with E-state index in [1.54, 1.807) is 18.2 Å². The van der Waals surface area contributed by atoms with Gasteiger partial charge in [-0.1, -0.05) is 15.9 Å². The second-order valence-electron chi connectivity index (χ2n) is 3.98. The lowest BCUT2D eigenvalue weighted by Crippen LogP contribution is -2.05. The van der Waals surface area contributed by atoms with Crippen molar-refractivity contribution in [2.75, 3.05) is 0 Å². The predicted octanol–water partition coefficient (Wildman–Crippen LogP) is 4.15. The Bertz CT molecular complexity index is 729. The van der Waals surface area contributed by atoms with E-state index in [4.69, 9.17) is 9.15 Å². The fourth-order valence-electron chi connectivity index (χ4n) is 1.67. The Kier molecular flexibility index (Phi) is 3.58. The lowest BCUT2D eigenvalue weighted by atomic mass is 10.2. The van der Waals surface area contributed by atoms with Crippen LogP contribution in [-0.4, -0.2) is 11.9 Å². The third kappa shape index (κ3) is 2.76. The van der Waals surface area contributed by atoms with Gasteiger partial charge in [0.1, 0.15) is 5.76 Å². The van der Waals surface area contributed by atoms with Gasteiger partial charge in [-0.2, -0.15) is 0 Å². The Morgan fingerprint density at radius 3 is 2.45 bits per heavy atom. The van der Waals surface area contributed by atoms with Crippen molar-refractivity contribution in [3.63, 3.8) is 0 Å². The number of carbonyl (C=O) groups is 1. The Morgan fingerprint density at radius 1 is 1.05 bits per heavy atom. The number of rotatable bonds is 2. The van der Waals surface area contributed by atoms with Gasteiger partial charge in [0.15, 0.2) is 10.4 Å². The molecule has 0 fully saturated rings. The number of aliphatic imine (C=N–C) groups is 1. The summed E-state index contributed by atoms with van der Waals surface area (Å²) in [5, 5.41) is 0. The molecule has 0 N–H and O–H groups in total. The van der Waals surface area contributed by atoms with Gasteiger partial charge in [-0.15, -0.1) is 0 Å². The van der Waals surface area contributed by atoms with Crippen molar-refractivity contribution in [1.82, 2.24) is 0 Å². The van der Waals surface area contributed by atoms with Crippen molar-refractivity contribution in [2.24, 2.45) is 4.99 Å². The van der Waals surface area contributed by atoms with Crippen LogP contribution in [0.4, 0.5) is 0 Å². The lowest BCUT2D eigenvalue weighted by Gasteiger charge is -1.98. The monoisotopic (exact) mass is 395 g/mol. The van der Waals surface area contributed by atoms with Crippen molar-refractivity contribution >= 4 is 49.8 Å². The number of benzene rings is 1. The molecular formula is C14H7Br2NO3.